The summed E-state index contributed by atoms with van der Waals surface area (Å²) < 4.78 is 0. The van der Waals surface area contributed by atoms with E-state index in [1.54, 1.807) is 11.8 Å². The van der Waals surface area contributed by atoms with Crippen LogP contribution in [0.25, 0.3) is 0 Å². The fraction of sp³-hybridized carbons (Fsp3) is 0.278. The lowest BCUT2D eigenvalue weighted by Crippen LogP contribution is -2.15. The molecule has 2 aromatic rings. The average molecular weight is 299 g/mol. The smallest absolute Gasteiger partial charge is 0.234 e. The molecule has 2 rings (SSSR count). The summed E-state index contributed by atoms with van der Waals surface area (Å²) in [4.78, 5) is 12.1. The van der Waals surface area contributed by atoms with Crippen molar-refractivity contribution >= 4 is 23.4 Å². The SMILES string of the molecule is Cc1cccc(NC(=O)CSC(C)c2ccccc2)c1C. The Morgan fingerprint density at radius 1 is 1.10 bits per heavy atom. The van der Waals surface area contributed by atoms with Gasteiger partial charge in [0.1, 0.15) is 0 Å². The van der Waals surface area contributed by atoms with Gasteiger partial charge in [-0.1, -0.05) is 42.5 Å². The highest BCUT2D eigenvalue weighted by Crippen LogP contribution is 2.28. The van der Waals surface area contributed by atoms with Gasteiger partial charge in [-0.15, -0.1) is 11.8 Å². The van der Waals surface area contributed by atoms with Crippen molar-refractivity contribution in [1.82, 2.24) is 0 Å². The van der Waals surface area contributed by atoms with Gasteiger partial charge in [0, 0.05) is 10.9 Å². The van der Waals surface area contributed by atoms with E-state index in [1.807, 2.05) is 37.3 Å². The molecule has 2 aromatic carbocycles. The summed E-state index contributed by atoms with van der Waals surface area (Å²) in [6, 6.07) is 16.2. The first kappa shape index (κ1) is 15.6. The number of carbonyl (C=O) groups is 1. The van der Waals surface area contributed by atoms with Crippen LogP contribution in [0.15, 0.2) is 48.5 Å². The molecule has 0 aliphatic rings. The highest BCUT2D eigenvalue weighted by atomic mass is 32.2. The predicted molar refractivity (Wildman–Crippen MR) is 91.9 cm³/mol. The van der Waals surface area contributed by atoms with Crippen LogP contribution in [-0.2, 0) is 4.79 Å². The molecule has 0 saturated heterocycles. The minimum atomic E-state index is 0.0523. The van der Waals surface area contributed by atoms with E-state index in [1.165, 1.54) is 11.1 Å². The second-order valence-electron chi connectivity index (χ2n) is 5.16. The van der Waals surface area contributed by atoms with Crippen molar-refractivity contribution in [2.24, 2.45) is 0 Å². The molecule has 0 aromatic heterocycles. The number of benzene rings is 2. The van der Waals surface area contributed by atoms with Crippen molar-refractivity contribution in [3.8, 4) is 0 Å². The second-order valence-corrected chi connectivity index (χ2v) is 6.49. The molecule has 110 valence electrons. The number of hydrogen-bond donors (Lipinski definition) is 1. The van der Waals surface area contributed by atoms with Crippen LogP contribution in [0.2, 0.25) is 0 Å². The molecule has 0 radical (unpaired) electrons. The molecule has 0 aliphatic heterocycles. The van der Waals surface area contributed by atoms with Gasteiger partial charge in [-0.25, -0.2) is 0 Å². The molecule has 1 N–H and O–H groups in total. The third-order valence-corrected chi connectivity index (χ3v) is 4.81. The lowest BCUT2D eigenvalue weighted by atomic mass is 10.1. The molecular weight excluding hydrogens is 278 g/mol. The van der Waals surface area contributed by atoms with Gasteiger partial charge in [0.15, 0.2) is 0 Å². The molecule has 1 unspecified atom stereocenters. The van der Waals surface area contributed by atoms with Crippen LogP contribution >= 0.6 is 11.8 Å². The zero-order chi connectivity index (χ0) is 15.2. The molecule has 1 atom stereocenters. The van der Waals surface area contributed by atoms with Gasteiger partial charge < -0.3 is 5.32 Å². The summed E-state index contributed by atoms with van der Waals surface area (Å²) in [5, 5.41) is 3.31. The first-order valence-electron chi connectivity index (χ1n) is 7.10. The maximum atomic E-state index is 12.1. The standard InChI is InChI=1S/C18H21NOS/c1-13-8-7-11-17(14(13)2)19-18(20)12-21-15(3)16-9-5-4-6-10-16/h4-11,15H,12H2,1-3H3,(H,19,20). The molecule has 0 saturated carbocycles. The maximum absolute atomic E-state index is 12.1. The van der Waals surface area contributed by atoms with Crippen molar-refractivity contribution in [1.29, 1.82) is 0 Å². The molecule has 21 heavy (non-hydrogen) atoms. The Morgan fingerprint density at radius 2 is 1.81 bits per heavy atom. The molecule has 0 spiro atoms. The number of rotatable bonds is 5. The summed E-state index contributed by atoms with van der Waals surface area (Å²) in [7, 11) is 0. The van der Waals surface area contributed by atoms with Gasteiger partial charge >= 0.3 is 0 Å². The van der Waals surface area contributed by atoms with E-state index in [4.69, 9.17) is 0 Å². The van der Waals surface area contributed by atoms with E-state index in [0.717, 1.165) is 11.3 Å². The molecule has 2 nitrogen and oxygen atoms in total. The first-order chi connectivity index (χ1) is 10.1. The quantitative estimate of drug-likeness (QED) is 0.864. The zero-order valence-corrected chi connectivity index (χ0v) is 13.5. The van der Waals surface area contributed by atoms with Crippen LogP contribution < -0.4 is 5.32 Å². The van der Waals surface area contributed by atoms with Crippen molar-refractivity contribution in [3.63, 3.8) is 0 Å². The number of hydrogen-bond acceptors (Lipinski definition) is 2. The summed E-state index contributed by atoms with van der Waals surface area (Å²) in [6.07, 6.45) is 0. The van der Waals surface area contributed by atoms with Crippen molar-refractivity contribution in [2.45, 2.75) is 26.0 Å². The highest BCUT2D eigenvalue weighted by molar-refractivity contribution is 8.00. The van der Waals surface area contributed by atoms with Crippen molar-refractivity contribution < 1.29 is 4.79 Å². The topological polar surface area (TPSA) is 29.1 Å². The third-order valence-electron chi connectivity index (χ3n) is 3.61. The fourth-order valence-corrected chi connectivity index (χ4v) is 2.92. The van der Waals surface area contributed by atoms with E-state index in [0.29, 0.717) is 11.0 Å². The molecule has 0 heterocycles. The normalized spacial score (nSPS) is 12.0. The Hall–Kier alpha value is -1.74. The Kier molecular flexibility index (Phi) is 5.45. The van der Waals surface area contributed by atoms with Crippen molar-refractivity contribution in [2.75, 3.05) is 11.1 Å². The molecular formula is C18H21NOS. The monoisotopic (exact) mass is 299 g/mol. The Morgan fingerprint density at radius 3 is 2.52 bits per heavy atom. The van der Waals surface area contributed by atoms with E-state index < -0.39 is 0 Å². The summed E-state index contributed by atoms with van der Waals surface area (Å²) >= 11 is 1.65. The van der Waals surface area contributed by atoms with E-state index in [2.05, 4.69) is 37.4 Å². The highest BCUT2D eigenvalue weighted by Gasteiger charge is 2.10. The Labute approximate surface area is 131 Å². The second kappa shape index (κ2) is 7.32. The average Bonchev–Trinajstić information content (AvgIpc) is 2.50. The van der Waals surface area contributed by atoms with Crippen molar-refractivity contribution in [3.05, 3.63) is 65.2 Å². The lowest BCUT2D eigenvalue weighted by Gasteiger charge is -2.13. The summed E-state index contributed by atoms with van der Waals surface area (Å²) in [6.45, 7) is 6.22. The van der Waals surface area contributed by atoms with Gasteiger partial charge in [0.25, 0.3) is 0 Å². The molecule has 0 fully saturated rings. The van der Waals surface area contributed by atoms with Gasteiger partial charge in [0.2, 0.25) is 5.91 Å². The first-order valence-corrected chi connectivity index (χ1v) is 8.15. The van der Waals surface area contributed by atoms with E-state index in [9.17, 15) is 4.79 Å². The van der Waals surface area contributed by atoms with Gasteiger partial charge in [-0.3, -0.25) is 4.79 Å². The van der Waals surface area contributed by atoms with E-state index in [-0.39, 0.29) is 5.91 Å². The molecule has 3 heteroatoms. The lowest BCUT2D eigenvalue weighted by molar-refractivity contribution is -0.113. The van der Waals surface area contributed by atoms with Crippen LogP contribution in [0, 0.1) is 13.8 Å². The number of aryl methyl sites for hydroxylation is 1. The molecule has 0 bridgehead atoms. The van der Waals surface area contributed by atoms with Crippen LogP contribution in [0.4, 0.5) is 5.69 Å². The third kappa shape index (κ3) is 4.36. The minimum absolute atomic E-state index is 0.0523. The summed E-state index contributed by atoms with van der Waals surface area (Å²) in [5.74, 6) is 0.514. The number of anilines is 1. The maximum Gasteiger partial charge on any atom is 0.234 e. The summed E-state index contributed by atoms with van der Waals surface area (Å²) in [5.41, 5.74) is 4.49. The minimum Gasteiger partial charge on any atom is -0.325 e. The number of amides is 1. The molecule has 0 aliphatic carbocycles. The van der Waals surface area contributed by atoms with E-state index >= 15 is 0 Å². The van der Waals surface area contributed by atoms with Crippen LogP contribution in [0.1, 0.15) is 28.9 Å². The number of thioether (sulfide) groups is 1. The Balaban J connectivity index is 1.89. The van der Waals surface area contributed by atoms with Crippen LogP contribution in [-0.4, -0.2) is 11.7 Å². The van der Waals surface area contributed by atoms with Gasteiger partial charge in [-0.05, 0) is 43.5 Å². The number of nitrogens with one attached hydrogen (secondary N) is 1. The zero-order valence-electron chi connectivity index (χ0n) is 12.7. The predicted octanol–water partition coefficient (Wildman–Crippen LogP) is 4.74. The fourth-order valence-electron chi connectivity index (χ4n) is 2.09. The number of carbonyl (C=O) groups excluding carboxylic acids is 1. The van der Waals surface area contributed by atoms with Crippen LogP contribution in [0.5, 0.6) is 0 Å². The van der Waals surface area contributed by atoms with Gasteiger partial charge in [0.05, 0.1) is 5.75 Å². The largest absolute Gasteiger partial charge is 0.325 e. The van der Waals surface area contributed by atoms with Crippen LogP contribution in [0.3, 0.4) is 0 Å². The van der Waals surface area contributed by atoms with Gasteiger partial charge in [-0.2, -0.15) is 0 Å². The molecule has 1 amide bonds. The Bertz CT molecular complexity index is 610.